The van der Waals surface area contributed by atoms with Crippen LogP contribution in [-0.2, 0) is 17.9 Å². The number of halogens is 1. The fourth-order valence-electron chi connectivity index (χ4n) is 4.06. The lowest BCUT2D eigenvalue weighted by Gasteiger charge is -2.22. The van der Waals surface area contributed by atoms with E-state index >= 15 is 0 Å². The quantitative estimate of drug-likeness (QED) is 0.564. The molecule has 32 heavy (non-hydrogen) atoms. The van der Waals surface area contributed by atoms with E-state index < -0.39 is 0 Å². The van der Waals surface area contributed by atoms with Crippen LogP contribution in [0.2, 0.25) is 0 Å². The van der Waals surface area contributed by atoms with Gasteiger partial charge in [-0.15, -0.1) is 0 Å². The van der Waals surface area contributed by atoms with E-state index in [0.717, 1.165) is 36.1 Å². The molecule has 0 spiro atoms. The van der Waals surface area contributed by atoms with Crippen LogP contribution in [0.15, 0.2) is 71.3 Å². The molecule has 1 N–H and O–H groups in total. The zero-order valence-corrected chi connectivity index (χ0v) is 17.7. The van der Waals surface area contributed by atoms with Gasteiger partial charge in [0.25, 0.3) is 5.91 Å². The predicted molar refractivity (Wildman–Crippen MR) is 117 cm³/mol. The van der Waals surface area contributed by atoms with Gasteiger partial charge in [0.05, 0.1) is 12.8 Å². The number of hydrogen-bond donors (Lipinski definition) is 1. The van der Waals surface area contributed by atoms with Gasteiger partial charge in [0.1, 0.15) is 11.6 Å². The van der Waals surface area contributed by atoms with Crippen LogP contribution in [0.25, 0.3) is 0 Å². The van der Waals surface area contributed by atoms with Gasteiger partial charge in [-0.05, 0) is 72.7 Å². The minimum absolute atomic E-state index is 0.0531. The van der Waals surface area contributed by atoms with Gasteiger partial charge in [-0.1, -0.05) is 24.3 Å². The zero-order valence-electron chi connectivity index (χ0n) is 17.7. The SMILES string of the molecule is O=C(NC1CC1)c1ccc(CN(Cc2ccco2)C(=O)C2CC2c2ccc(F)cc2)cc1. The smallest absolute Gasteiger partial charge is 0.251 e. The molecule has 0 saturated heterocycles. The zero-order chi connectivity index (χ0) is 22.1. The van der Waals surface area contributed by atoms with Crippen LogP contribution >= 0.6 is 0 Å². The van der Waals surface area contributed by atoms with E-state index in [0.29, 0.717) is 24.7 Å². The summed E-state index contributed by atoms with van der Waals surface area (Å²) in [4.78, 5) is 27.4. The molecule has 1 aromatic heterocycles. The highest BCUT2D eigenvalue weighted by molar-refractivity contribution is 5.94. The van der Waals surface area contributed by atoms with E-state index in [1.807, 2.05) is 24.3 Å². The molecule has 2 saturated carbocycles. The van der Waals surface area contributed by atoms with Crippen LogP contribution in [0.4, 0.5) is 4.39 Å². The van der Waals surface area contributed by atoms with Crippen LogP contribution in [0, 0.1) is 11.7 Å². The van der Waals surface area contributed by atoms with Crippen molar-refractivity contribution in [1.29, 1.82) is 0 Å². The van der Waals surface area contributed by atoms with Crippen molar-refractivity contribution in [1.82, 2.24) is 10.2 Å². The first-order valence-electron chi connectivity index (χ1n) is 11.0. The van der Waals surface area contributed by atoms with Gasteiger partial charge in [0.2, 0.25) is 5.91 Å². The van der Waals surface area contributed by atoms with Gasteiger partial charge in [0.15, 0.2) is 0 Å². The number of rotatable bonds is 8. The Morgan fingerprint density at radius 3 is 2.41 bits per heavy atom. The van der Waals surface area contributed by atoms with Crippen molar-refractivity contribution in [3.05, 3.63) is 95.2 Å². The number of carbonyl (C=O) groups is 2. The fourth-order valence-corrected chi connectivity index (χ4v) is 4.06. The summed E-state index contributed by atoms with van der Waals surface area (Å²) in [6.07, 6.45) is 4.46. The topological polar surface area (TPSA) is 62.6 Å². The molecule has 6 heteroatoms. The molecule has 2 aromatic carbocycles. The first-order valence-corrected chi connectivity index (χ1v) is 11.0. The molecule has 5 rings (SSSR count). The number of hydrogen-bond acceptors (Lipinski definition) is 3. The third kappa shape index (κ3) is 4.74. The van der Waals surface area contributed by atoms with Gasteiger partial charge in [-0.2, -0.15) is 0 Å². The van der Waals surface area contributed by atoms with Gasteiger partial charge in [0, 0.05) is 24.1 Å². The predicted octanol–water partition coefficient (Wildman–Crippen LogP) is 4.64. The summed E-state index contributed by atoms with van der Waals surface area (Å²) in [5, 5.41) is 2.99. The second-order valence-corrected chi connectivity index (χ2v) is 8.72. The average Bonchev–Trinajstić information content (AvgIpc) is 3.72. The third-order valence-corrected chi connectivity index (χ3v) is 6.15. The number of furan rings is 1. The number of benzene rings is 2. The van der Waals surface area contributed by atoms with Crippen molar-refractivity contribution in [2.45, 2.75) is 44.3 Å². The highest BCUT2D eigenvalue weighted by Crippen LogP contribution is 2.48. The minimum atomic E-state index is -0.272. The van der Waals surface area contributed by atoms with Gasteiger partial charge >= 0.3 is 0 Å². The van der Waals surface area contributed by atoms with E-state index in [9.17, 15) is 14.0 Å². The molecule has 2 aliphatic rings. The maximum atomic E-state index is 13.3. The highest BCUT2D eigenvalue weighted by Gasteiger charge is 2.45. The minimum Gasteiger partial charge on any atom is -0.467 e. The van der Waals surface area contributed by atoms with E-state index in [1.165, 1.54) is 12.1 Å². The van der Waals surface area contributed by atoms with E-state index in [-0.39, 0.29) is 29.5 Å². The maximum absolute atomic E-state index is 13.3. The lowest BCUT2D eigenvalue weighted by Crippen LogP contribution is -2.31. The molecule has 1 heterocycles. The van der Waals surface area contributed by atoms with Crippen molar-refractivity contribution >= 4 is 11.8 Å². The molecule has 2 amide bonds. The van der Waals surface area contributed by atoms with Crippen molar-refractivity contribution < 1.29 is 18.4 Å². The van der Waals surface area contributed by atoms with Crippen molar-refractivity contribution in [3.63, 3.8) is 0 Å². The molecule has 164 valence electrons. The second kappa shape index (κ2) is 8.61. The highest BCUT2D eigenvalue weighted by atomic mass is 19.1. The molecule has 0 aliphatic heterocycles. The van der Waals surface area contributed by atoms with Crippen molar-refractivity contribution in [2.24, 2.45) is 5.92 Å². The summed E-state index contributed by atoms with van der Waals surface area (Å²) in [5.74, 6) is 0.465. The molecular formula is C26H25FN2O3. The van der Waals surface area contributed by atoms with Crippen LogP contribution in [0.3, 0.4) is 0 Å². The standard InChI is InChI=1S/C26H25FN2O3/c27-20-9-7-18(8-10-20)23-14-24(23)26(31)29(16-22-2-1-13-32-22)15-17-3-5-19(6-4-17)25(30)28-21-11-12-21/h1-10,13,21,23-24H,11-12,14-16H2,(H,28,30). The maximum Gasteiger partial charge on any atom is 0.251 e. The normalized spacial score (nSPS) is 19.4. The first kappa shape index (κ1) is 20.5. The van der Waals surface area contributed by atoms with Gasteiger partial charge in [-0.25, -0.2) is 4.39 Å². The van der Waals surface area contributed by atoms with Crippen LogP contribution < -0.4 is 5.32 Å². The number of amides is 2. The Balaban J connectivity index is 1.28. The summed E-state index contributed by atoms with van der Waals surface area (Å²) >= 11 is 0. The summed E-state index contributed by atoms with van der Waals surface area (Å²) in [6, 6.07) is 17.8. The number of carbonyl (C=O) groups excluding carboxylic acids is 2. The van der Waals surface area contributed by atoms with Crippen molar-refractivity contribution in [3.8, 4) is 0 Å². The molecule has 0 bridgehead atoms. The van der Waals surface area contributed by atoms with E-state index in [1.54, 1.807) is 35.4 Å². The molecule has 2 atom stereocenters. The lowest BCUT2D eigenvalue weighted by atomic mass is 10.1. The monoisotopic (exact) mass is 432 g/mol. The molecular weight excluding hydrogens is 407 g/mol. The number of nitrogens with one attached hydrogen (secondary N) is 1. The largest absolute Gasteiger partial charge is 0.467 e. The summed E-state index contributed by atoms with van der Waals surface area (Å²) in [7, 11) is 0. The molecule has 0 radical (unpaired) electrons. The molecule has 2 aliphatic carbocycles. The van der Waals surface area contributed by atoms with Gasteiger partial charge < -0.3 is 14.6 Å². The second-order valence-electron chi connectivity index (χ2n) is 8.72. The van der Waals surface area contributed by atoms with Crippen LogP contribution in [-0.4, -0.2) is 22.8 Å². The molecule has 5 nitrogen and oxygen atoms in total. The molecule has 2 unspecified atom stereocenters. The summed E-state index contributed by atoms with van der Waals surface area (Å²) < 4.78 is 18.7. The van der Waals surface area contributed by atoms with Crippen molar-refractivity contribution in [2.75, 3.05) is 0 Å². The van der Waals surface area contributed by atoms with Crippen LogP contribution in [0.1, 0.15) is 52.4 Å². The van der Waals surface area contributed by atoms with E-state index in [4.69, 9.17) is 4.42 Å². The number of nitrogens with zero attached hydrogens (tertiary/aromatic N) is 1. The molecule has 2 fully saturated rings. The average molecular weight is 432 g/mol. The lowest BCUT2D eigenvalue weighted by molar-refractivity contribution is -0.134. The fraction of sp³-hybridized carbons (Fsp3) is 0.308. The molecule has 3 aromatic rings. The first-order chi connectivity index (χ1) is 15.6. The Morgan fingerprint density at radius 1 is 1.00 bits per heavy atom. The summed E-state index contributed by atoms with van der Waals surface area (Å²) in [6.45, 7) is 0.805. The summed E-state index contributed by atoms with van der Waals surface area (Å²) in [5.41, 5.74) is 2.57. The van der Waals surface area contributed by atoms with Gasteiger partial charge in [-0.3, -0.25) is 9.59 Å². The Morgan fingerprint density at radius 2 is 1.75 bits per heavy atom. The third-order valence-electron chi connectivity index (χ3n) is 6.15. The Labute approximate surface area is 186 Å². The van der Waals surface area contributed by atoms with Crippen LogP contribution in [0.5, 0.6) is 0 Å². The Kier molecular flexibility index (Phi) is 5.52. The Hall–Kier alpha value is -3.41. The van der Waals surface area contributed by atoms with E-state index in [2.05, 4.69) is 5.32 Å². The Bertz CT molecular complexity index is 1090.